The molecule has 0 radical (unpaired) electrons. The van der Waals surface area contributed by atoms with E-state index in [1.165, 1.54) is 25.3 Å². The average Bonchev–Trinajstić information content (AvgIpc) is 2.53. The van der Waals surface area contributed by atoms with Crippen LogP contribution in [0.3, 0.4) is 0 Å². The molecule has 1 N–H and O–H groups in total. The normalized spacial score (nSPS) is 10.7. The molecule has 2 aromatic carbocycles. The Balaban J connectivity index is 2.24. The van der Waals surface area contributed by atoms with E-state index in [0.717, 1.165) is 5.56 Å². The Morgan fingerprint density at radius 3 is 2.61 bits per heavy atom. The van der Waals surface area contributed by atoms with Gasteiger partial charge in [-0.25, -0.2) is 14.2 Å². The number of benzene rings is 2. The summed E-state index contributed by atoms with van der Waals surface area (Å²) in [6, 6.07) is 11.3. The van der Waals surface area contributed by atoms with Crippen molar-refractivity contribution in [2.75, 3.05) is 7.11 Å². The number of halogens is 1. The maximum atomic E-state index is 13.9. The third kappa shape index (κ3) is 2.73. The molecule has 0 saturated carbocycles. The molecule has 0 spiro atoms. The van der Waals surface area contributed by atoms with Gasteiger partial charge in [-0.05, 0) is 43.3 Å². The number of aromatic carboxylic acids is 1. The monoisotopic (exact) mass is 311 g/mol. The van der Waals surface area contributed by atoms with Crippen LogP contribution in [-0.2, 0) is 0 Å². The van der Waals surface area contributed by atoms with Crippen LogP contribution < -0.4 is 4.74 Å². The number of methoxy groups -OCH3 is 1. The molecule has 0 fully saturated rings. The summed E-state index contributed by atoms with van der Waals surface area (Å²) in [6.45, 7) is 1.89. The summed E-state index contributed by atoms with van der Waals surface area (Å²) in [4.78, 5) is 16.0. The van der Waals surface area contributed by atoms with Crippen LogP contribution in [0.1, 0.15) is 15.9 Å². The molecule has 0 aliphatic carbocycles. The summed E-state index contributed by atoms with van der Waals surface area (Å²) < 4.78 is 18.8. The van der Waals surface area contributed by atoms with E-state index in [1.54, 1.807) is 18.2 Å². The molecule has 5 heteroatoms. The van der Waals surface area contributed by atoms with Crippen LogP contribution in [0.4, 0.5) is 4.39 Å². The van der Waals surface area contributed by atoms with E-state index < -0.39 is 11.8 Å². The largest absolute Gasteiger partial charge is 0.494 e. The van der Waals surface area contributed by atoms with E-state index in [1.807, 2.05) is 13.0 Å². The number of carboxylic acids is 1. The van der Waals surface area contributed by atoms with Crippen molar-refractivity contribution in [3.05, 3.63) is 59.4 Å². The first-order chi connectivity index (χ1) is 11.0. The van der Waals surface area contributed by atoms with Crippen LogP contribution in [-0.4, -0.2) is 23.2 Å². The topological polar surface area (TPSA) is 59.4 Å². The number of hydrogen-bond donors (Lipinski definition) is 1. The van der Waals surface area contributed by atoms with E-state index in [9.17, 15) is 14.3 Å². The Hall–Kier alpha value is -2.95. The quantitative estimate of drug-likeness (QED) is 0.792. The third-order valence-corrected chi connectivity index (χ3v) is 3.64. The van der Waals surface area contributed by atoms with Crippen LogP contribution in [0.25, 0.3) is 22.2 Å². The summed E-state index contributed by atoms with van der Waals surface area (Å²) in [5.41, 5.74) is 2.55. The van der Waals surface area contributed by atoms with Gasteiger partial charge in [0.1, 0.15) is 0 Å². The zero-order valence-corrected chi connectivity index (χ0v) is 12.6. The molecule has 1 aromatic heterocycles. The van der Waals surface area contributed by atoms with Crippen LogP contribution in [0, 0.1) is 12.7 Å². The van der Waals surface area contributed by atoms with Crippen molar-refractivity contribution >= 4 is 16.9 Å². The zero-order valence-electron chi connectivity index (χ0n) is 12.6. The first kappa shape index (κ1) is 15.0. The van der Waals surface area contributed by atoms with Crippen LogP contribution in [0.5, 0.6) is 5.75 Å². The van der Waals surface area contributed by atoms with Crippen molar-refractivity contribution < 1.29 is 19.0 Å². The van der Waals surface area contributed by atoms with Crippen molar-refractivity contribution in [3.8, 4) is 17.0 Å². The average molecular weight is 311 g/mol. The van der Waals surface area contributed by atoms with Gasteiger partial charge in [-0.3, -0.25) is 0 Å². The fourth-order valence-corrected chi connectivity index (χ4v) is 2.49. The lowest BCUT2D eigenvalue weighted by Gasteiger charge is -2.09. The molecule has 0 unspecified atom stereocenters. The third-order valence-electron chi connectivity index (χ3n) is 3.64. The minimum Gasteiger partial charge on any atom is -0.494 e. The molecule has 116 valence electrons. The van der Waals surface area contributed by atoms with Gasteiger partial charge in [0.05, 0.1) is 23.9 Å². The Morgan fingerprint density at radius 2 is 1.96 bits per heavy atom. The highest BCUT2D eigenvalue weighted by atomic mass is 19.1. The molecular weight excluding hydrogens is 297 g/mol. The Bertz CT molecular complexity index is 922. The second-order valence-corrected chi connectivity index (χ2v) is 5.23. The van der Waals surface area contributed by atoms with Gasteiger partial charge in [0.25, 0.3) is 0 Å². The van der Waals surface area contributed by atoms with Gasteiger partial charge in [-0.2, -0.15) is 0 Å². The first-order valence-electron chi connectivity index (χ1n) is 6.98. The molecule has 3 rings (SSSR count). The fourth-order valence-electron chi connectivity index (χ4n) is 2.49. The number of carboxylic acid groups (broad SMARTS) is 1. The molecule has 0 saturated heterocycles. The van der Waals surface area contributed by atoms with Gasteiger partial charge >= 0.3 is 5.97 Å². The van der Waals surface area contributed by atoms with Crippen molar-refractivity contribution in [1.82, 2.24) is 4.98 Å². The highest BCUT2D eigenvalue weighted by Gasteiger charge is 2.14. The Labute approximate surface area is 132 Å². The van der Waals surface area contributed by atoms with Crippen molar-refractivity contribution in [3.63, 3.8) is 0 Å². The molecule has 4 nitrogen and oxygen atoms in total. The fraction of sp³-hybridized carbons (Fsp3) is 0.111. The zero-order chi connectivity index (χ0) is 16.6. The highest BCUT2D eigenvalue weighted by molar-refractivity contribution is 6.03. The van der Waals surface area contributed by atoms with Crippen molar-refractivity contribution in [1.29, 1.82) is 0 Å². The lowest BCUT2D eigenvalue weighted by Crippen LogP contribution is -2.01. The maximum Gasteiger partial charge on any atom is 0.336 e. The number of fused-ring (bicyclic) bond motifs is 1. The number of pyridine rings is 1. The highest BCUT2D eigenvalue weighted by Crippen LogP contribution is 2.28. The second kappa shape index (κ2) is 5.68. The first-order valence-corrected chi connectivity index (χ1v) is 6.98. The molecule has 1 heterocycles. The standard InChI is InChI=1S/C18H14FNO3/c1-10-3-5-15-12(7-10)13(18(21)22)9-16(20-15)11-4-6-17(23-2)14(19)8-11/h3-9H,1-2H3,(H,21,22). The lowest BCUT2D eigenvalue weighted by molar-refractivity contribution is 0.0699. The predicted molar refractivity (Wildman–Crippen MR) is 85.4 cm³/mol. The number of rotatable bonds is 3. The molecule has 0 aliphatic rings. The number of aryl methyl sites for hydroxylation is 1. The van der Waals surface area contributed by atoms with Gasteiger partial charge in [0.2, 0.25) is 0 Å². The summed E-state index contributed by atoms with van der Waals surface area (Å²) in [5.74, 6) is -1.44. The predicted octanol–water partition coefficient (Wildman–Crippen LogP) is 4.06. The van der Waals surface area contributed by atoms with Crippen molar-refractivity contribution in [2.24, 2.45) is 0 Å². The van der Waals surface area contributed by atoms with E-state index in [4.69, 9.17) is 4.74 Å². The van der Waals surface area contributed by atoms with Gasteiger partial charge in [-0.15, -0.1) is 0 Å². The van der Waals surface area contributed by atoms with Crippen molar-refractivity contribution in [2.45, 2.75) is 6.92 Å². The van der Waals surface area contributed by atoms with Crippen LogP contribution in [0.2, 0.25) is 0 Å². The maximum absolute atomic E-state index is 13.9. The molecule has 0 aliphatic heterocycles. The SMILES string of the molecule is COc1ccc(-c2cc(C(=O)O)c3cc(C)ccc3n2)cc1F. The number of aromatic nitrogens is 1. The number of nitrogens with zero attached hydrogens (tertiary/aromatic N) is 1. The Kier molecular flexibility index (Phi) is 3.70. The number of hydrogen-bond acceptors (Lipinski definition) is 3. The second-order valence-electron chi connectivity index (χ2n) is 5.23. The van der Waals surface area contributed by atoms with Crippen LogP contribution in [0.15, 0.2) is 42.5 Å². The Morgan fingerprint density at radius 1 is 1.17 bits per heavy atom. The van der Waals surface area contributed by atoms with E-state index >= 15 is 0 Å². The van der Waals surface area contributed by atoms with Gasteiger partial charge in [0.15, 0.2) is 11.6 Å². The molecule has 23 heavy (non-hydrogen) atoms. The van der Waals surface area contributed by atoms with E-state index in [2.05, 4.69) is 4.98 Å². The van der Waals surface area contributed by atoms with Gasteiger partial charge in [0, 0.05) is 10.9 Å². The van der Waals surface area contributed by atoms with Crippen LogP contribution >= 0.6 is 0 Å². The van der Waals surface area contributed by atoms with Gasteiger partial charge in [-0.1, -0.05) is 11.6 Å². The van der Waals surface area contributed by atoms with E-state index in [-0.39, 0.29) is 11.3 Å². The summed E-state index contributed by atoms with van der Waals surface area (Å²) in [5, 5.41) is 10.0. The number of carbonyl (C=O) groups is 1. The van der Waals surface area contributed by atoms with Gasteiger partial charge < -0.3 is 9.84 Å². The summed E-state index contributed by atoms with van der Waals surface area (Å²) >= 11 is 0. The molecule has 3 aromatic rings. The molecule has 0 bridgehead atoms. The lowest BCUT2D eigenvalue weighted by atomic mass is 10.0. The molecular formula is C18H14FNO3. The molecule has 0 amide bonds. The molecule has 0 atom stereocenters. The summed E-state index contributed by atoms with van der Waals surface area (Å²) in [6.07, 6.45) is 0. The minimum absolute atomic E-state index is 0.128. The minimum atomic E-state index is -1.04. The number of ether oxygens (including phenoxy) is 1. The smallest absolute Gasteiger partial charge is 0.336 e. The van der Waals surface area contributed by atoms with E-state index in [0.29, 0.717) is 22.2 Å². The summed E-state index contributed by atoms with van der Waals surface area (Å²) in [7, 11) is 1.39.